The summed E-state index contributed by atoms with van der Waals surface area (Å²) in [6, 6.07) is 5.70. The van der Waals surface area contributed by atoms with Crippen LogP contribution in [-0.2, 0) is 14.8 Å². The number of nitrogens with one attached hydrogen (secondary N) is 1. The molecule has 1 amide bonds. The summed E-state index contributed by atoms with van der Waals surface area (Å²) in [5.74, 6) is 1.16. The van der Waals surface area contributed by atoms with Crippen LogP contribution in [0, 0.1) is 31.6 Å². The minimum Gasteiger partial charge on any atom is -0.353 e. The Bertz CT molecular complexity index is 813. The van der Waals surface area contributed by atoms with E-state index in [1.807, 2.05) is 26.0 Å². The second-order valence-electron chi connectivity index (χ2n) is 8.83. The normalized spacial score (nSPS) is 27.5. The minimum absolute atomic E-state index is 0.0880. The topological polar surface area (TPSA) is 66.5 Å². The van der Waals surface area contributed by atoms with E-state index in [-0.39, 0.29) is 17.9 Å². The van der Waals surface area contributed by atoms with Crippen LogP contribution in [0.2, 0.25) is 0 Å². The number of amides is 1. The van der Waals surface area contributed by atoms with Crippen molar-refractivity contribution in [3.05, 3.63) is 29.3 Å². The summed E-state index contributed by atoms with van der Waals surface area (Å²) >= 11 is 0. The SMILES string of the molecule is Cc1ccc(S(=O)(=O)N2CCC(C(=O)N[C@@H]3CCC[C@@H](C)[C@@H]3C)CC2)c(C)c1. The standard InChI is InChI=1S/C22H34N2O3S/c1-15-8-9-21(17(3)14-15)28(26,27)24-12-10-19(11-13-24)22(25)23-20-7-5-6-16(2)18(20)4/h8-9,14,16,18-20H,5-7,10-13H2,1-4H3,(H,23,25)/t16-,18+,20-/m1/s1. The lowest BCUT2D eigenvalue weighted by molar-refractivity contribution is -0.127. The first-order chi connectivity index (χ1) is 13.2. The molecule has 0 radical (unpaired) electrons. The van der Waals surface area contributed by atoms with E-state index in [1.165, 1.54) is 12.8 Å². The summed E-state index contributed by atoms with van der Waals surface area (Å²) in [5.41, 5.74) is 1.83. The molecule has 5 nitrogen and oxygen atoms in total. The molecule has 0 bridgehead atoms. The van der Waals surface area contributed by atoms with E-state index < -0.39 is 10.0 Å². The Balaban J connectivity index is 1.60. The summed E-state index contributed by atoms with van der Waals surface area (Å²) in [4.78, 5) is 13.1. The van der Waals surface area contributed by atoms with Gasteiger partial charge >= 0.3 is 0 Å². The van der Waals surface area contributed by atoms with Crippen LogP contribution in [0.1, 0.15) is 57.1 Å². The third-order valence-corrected chi connectivity index (χ3v) is 8.87. The van der Waals surface area contributed by atoms with Crippen molar-refractivity contribution in [1.29, 1.82) is 0 Å². The molecule has 1 aliphatic carbocycles. The monoisotopic (exact) mass is 406 g/mol. The molecule has 1 saturated carbocycles. The van der Waals surface area contributed by atoms with Crippen LogP contribution in [0.3, 0.4) is 0 Å². The molecule has 3 rings (SSSR count). The summed E-state index contributed by atoms with van der Waals surface area (Å²) in [5, 5.41) is 3.26. The Morgan fingerprint density at radius 1 is 1.07 bits per heavy atom. The number of piperidine rings is 1. The molecule has 2 fully saturated rings. The molecule has 3 atom stereocenters. The molecule has 0 unspecified atom stereocenters. The maximum atomic E-state index is 13.0. The van der Waals surface area contributed by atoms with Gasteiger partial charge in [0.2, 0.25) is 15.9 Å². The zero-order valence-corrected chi connectivity index (χ0v) is 18.4. The highest BCUT2D eigenvalue weighted by atomic mass is 32.2. The number of hydrogen-bond donors (Lipinski definition) is 1. The number of aryl methyl sites for hydroxylation is 2. The lowest BCUT2D eigenvalue weighted by atomic mass is 9.78. The van der Waals surface area contributed by atoms with Gasteiger partial charge in [-0.2, -0.15) is 4.31 Å². The van der Waals surface area contributed by atoms with Gasteiger partial charge in [0.15, 0.2) is 0 Å². The predicted octanol–water partition coefficient (Wildman–Crippen LogP) is 3.65. The summed E-state index contributed by atoms with van der Waals surface area (Å²) in [6.07, 6.45) is 4.64. The van der Waals surface area contributed by atoms with Crippen LogP contribution in [0.15, 0.2) is 23.1 Å². The number of benzene rings is 1. The number of sulfonamides is 1. The maximum Gasteiger partial charge on any atom is 0.243 e. The van der Waals surface area contributed by atoms with E-state index in [1.54, 1.807) is 10.4 Å². The van der Waals surface area contributed by atoms with E-state index >= 15 is 0 Å². The van der Waals surface area contributed by atoms with E-state index in [0.717, 1.165) is 17.5 Å². The van der Waals surface area contributed by atoms with Gasteiger partial charge in [-0.05, 0) is 56.6 Å². The Labute approximate surface area is 169 Å². The van der Waals surface area contributed by atoms with Gasteiger partial charge in [-0.3, -0.25) is 4.79 Å². The lowest BCUT2D eigenvalue weighted by Crippen LogP contribution is -2.48. The van der Waals surface area contributed by atoms with Crippen LogP contribution in [0.5, 0.6) is 0 Å². The average molecular weight is 407 g/mol. The number of nitrogens with zero attached hydrogens (tertiary/aromatic N) is 1. The fraction of sp³-hybridized carbons (Fsp3) is 0.682. The van der Waals surface area contributed by atoms with Crippen molar-refractivity contribution in [3.63, 3.8) is 0 Å². The molecule has 0 aromatic heterocycles. The van der Waals surface area contributed by atoms with Crippen molar-refractivity contribution >= 4 is 15.9 Å². The number of rotatable bonds is 4. The Morgan fingerprint density at radius 2 is 1.75 bits per heavy atom. The summed E-state index contributed by atoms with van der Waals surface area (Å²) in [6.45, 7) is 9.11. The van der Waals surface area contributed by atoms with Crippen molar-refractivity contribution in [3.8, 4) is 0 Å². The largest absolute Gasteiger partial charge is 0.353 e. The molecular formula is C22H34N2O3S. The van der Waals surface area contributed by atoms with Gasteiger partial charge in [0, 0.05) is 25.0 Å². The van der Waals surface area contributed by atoms with Gasteiger partial charge in [0.1, 0.15) is 0 Å². The molecule has 0 spiro atoms. The molecule has 1 heterocycles. The first-order valence-electron chi connectivity index (χ1n) is 10.6. The van der Waals surface area contributed by atoms with E-state index in [2.05, 4.69) is 19.2 Å². The minimum atomic E-state index is -3.50. The van der Waals surface area contributed by atoms with E-state index in [9.17, 15) is 13.2 Å². The van der Waals surface area contributed by atoms with Crippen LogP contribution in [-0.4, -0.2) is 37.8 Å². The zero-order chi connectivity index (χ0) is 20.5. The molecule has 1 aromatic carbocycles. The first-order valence-corrected chi connectivity index (χ1v) is 12.0. The van der Waals surface area contributed by atoms with Gasteiger partial charge in [-0.1, -0.05) is 44.4 Å². The van der Waals surface area contributed by atoms with Gasteiger partial charge in [-0.25, -0.2) is 8.42 Å². The molecule has 1 aliphatic heterocycles. The number of carbonyl (C=O) groups is 1. The van der Waals surface area contributed by atoms with Crippen molar-refractivity contribution < 1.29 is 13.2 Å². The number of carbonyl (C=O) groups excluding carboxylic acids is 1. The van der Waals surface area contributed by atoms with Crippen LogP contribution < -0.4 is 5.32 Å². The van der Waals surface area contributed by atoms with Gasteiger partial charge < -0.3 is 5.32 Å². The zero-order valence-electron chi connectivity index (χ0n) is 17.6. The molecule has 2 aliphatic rings. The molecule has 1 N–H and O–H groups in total. The average Bonchev–Trinajstić information content (AvgIpc) is 2.65. The van der Waals surface area contributed by atoms with Crippen molar-refractivity contribution in [2.45, 2.75) is 70.7 Å². The Morgan fingerprint density at radius 3 is 2.39 bits per heavy atom. The molecule has 156 valence electrons. The van der Waals surface area contributed by atoms with E-state index in [0.29, 0.717) is 42.7 Å². The quantitative estimate of drug-likeness (QED) is 0.830. The third kappa shape index (κ3) is 4.43. The Hall–Kier alpha value is -1.40. The summed E-state index contributed by atoms with van der Waals surface area (Å²) in [7, 11) is -3.50. The predicted molar refractivity (Wildman–Crippen MR) is 112 cm³/mol. The van der Waals surface area contributed by atoms with Crippen molar-refractivity contribution in [2.24, 2.45) is 17.8 Å². The smallest absolute Gasteiger partial charge is 0.243 e. The van der Waals surface area contributed by atoms with Gasteiger partial charge in [0.05, 0.1) is 4.90 Å². The van der Waals surface area contributed by atoms with Gasteiger partial charge in [-0.15, -0.1) is 0 Å². The molecule has 6 heteroatoms. The van der Waals surface area contributed by atoms with Crippen LogP contribution in [0.4, 0.5) is 0 Å². The highest BCUT2D eigenvalue weighted by Crippen LogP contribution is 2.31. The summed E-state index contributed by atoms with van der Waals surface area (Å²) < 4.78 is 27.6. The van der Waals surface area contributed by atoms with Crippen molar-refractivity contribution in [1.82, 2.24) is 9.62 Å². The first kappa shape index (κ1) is 21.3. The number of hydrogen-bond acceptors (Lipinski definition) is 3. The third-order valence-electron chi connectivity index (χ3n) is 6.81. The fourth-order valence-electron chi connectivity index (χ4n) is 4.67. The highest BCUT2D eigenvalue weighted by Gasteiger charge is 2.35. The molecule has 1 saturated heterocycles. The van der Waals surface area contributed by atoms with E-state index in [4.69, 9.17) is 0 Å². The van der Waals surface area contributed by atoms with Crippen LogP contribution >= 0.6 is 0 Å². The molecular weight excluding hydrogens is 372 g/mol. The van der Waals surface area contributed by atoms with Crippen molar-refractivity contribution in [2.75, 3.05) is 13.1 Å². The second-order valence-corrected chi connectivity index (χ2v) is 10.7. The Kier molecular flexibility index (Phi) is 6.50. The lowest BCUT2D eigenvalue weighted by Gasteiger charge is -2.36. The fourth-order valence-corrected chi connectivity index (χ4v) is 6.35. The highest BCUT2D eigenvalue weighted by molar-refractivity contribution is 7.89. The molecule has 1 aromatic rings. The molecule has 28 heavy (non-hydrogen) atoms. The van der Waals surface area contributed by atoms with Gasteiger partial charge in [0.25, 0.3) is 0 Å². The maximum absolute atomic E-state index is 13.0. The van der Waals surface area contributed by atoms with Crippen LogP contribution in [0.25, 0.3) is 0 Å². The second kappa shape index (κ2) is 8.54.